The lowest BCUT2D eigenvalue weighted by atomic mass is 10.1. The molecule has 12 nitrogen and oxygen atoms in total. The minimum atomic E-state index is -4.52. The Hall–Kier alpha value is -3.87. The number of benzene rings is 2. The molecule has 0 saturated carbocycles. The number of amides is 1. The number of non-ortho nitro benzene ring substituents is 1. The third-order valence-electron chi connectivity index (χ3n) is 3.98. The number of hydrogen-bond donors (Lipinski definition) is 1. The fourth-order valence-electron chi connectivity index (χ4n) is 2.58. The lowest BCUT2D eigenvalue weighted by Gasteiger charge is -2.22. The first-order valence-corrected chi connectivity index (χ1v) is 11.2. The second-order valence-electron chi connectivity index (χ2n) is 7.90. The van der Waals surface area contributed by atoms with Crippen LogP contribution in [0.4, 0.5) is 10.5 Å². The van der Waals surface area contributed by atoms with E-state index in [0.29, 0.717) is 5.56 Å². The summed E-state index contributed by atoms with van der Waals surface area (Å²) >= 11 is 0. The minimum absolute atomic E-state index is 0.0399. The summed E-state index contributed by atoms with van der Waals surface area (Å²) in [6.07, 6.45) is -0.754. The first-order valence-electron chi connectivity index (χ1n) is 9.82. The molecule has 2 aromatic carbocycles. The molecule has 13 heteroatoms. The third-order valence-corrected chi connectivity index (χ3v) is 4.78. The van der Waals surface area contributed by atoms with E-state index in [0.717, 1.165) is 24.3 Å². The molecule has 1 atom stereocenters. The van der Waals surface area contributed by atoms with Gasteiger partial charge in [-0.15, -0.1) is 8.42 Å². The number of nitro groups is 1. The van der Waals surface area contributed by atoms with Crippen molar-refractivity contribution in [3.05, 3.63) is 64.2 Å². The summed E-state index contributed by atoms with van der Waals surface area (Å²) in [7, 11) is -3.35. The van der Waals surface area contributed by atoms with Crippen LogP contribution in [-0.2, 0) is 31.1 Å². The maximum Gasteiger partial charge on any atom is 0.500 e. The Morgan fingerprint density at radius 1 is 1.00 bits per heavy atom. The number of nitrogens with zero attached hydrogens (tertiary/aromatic N) is 1. The fourth-order valence-corrected chi connectivity index (χ4v) is 3.31. The van der Waals surface area contributed by atoms with Crippen LogP contribution in [0, 0.1) is 10.1 Å². The molecule has 0 aliphatic carbocycles. The van der Waals surface area contributed by atoms with E-state index < -0.39 is 39.0 Å². The van der Waals surface area contributed by atoms with Gasteiger partial charge in [-0.2, -0.15) is 0 Å². The molecule has 0 unspecified atom stereocenters. The van der Waals surface area contributed by atoms with E-state index >= 15 is 0 Å². The van der Waals surface area contributed by atoms with E-state index in [2.05, 4.69) is 5.32 Å². The number of alkyl carbamates (subject to hydrolysis) is 1. The largest absolute Gasteiger partial charge is 0.500 e. The molecule has 0 spiro atoms. The summed E-state index contributed by atoms with van der Waals surface area (Å²) in [6.45, 7) is 5.04. The monoisotopic (exact) mass is 496 g/mol. The van der Waals surface area contributed by atoms with E-state index in [1.54, 1.807) is 20.8 Å². The molecule has 0 aromatic heterocycles. The summed E-state index contributed by atoms with van der Waals surface area (Å²) in [6, 6.07) is 9.00. The summed E-state index contributed by atoms with van der Waals surface area (Å²) < 4.78 is 43.7. The standard InChI is InChI=1S/C21H24N2O10S/c1-21(2,3)31-20(25)22-18(19(24)30-4)13-14-5-9-16(10-6-14)32-34(28,29)33-17-11-7-15(8-12-17)23(26)27/h5-12,18H,13H2,1-4H3,(H,22,25)/t18-/m0/s1. The van der Waals surface area contributed by atoms with Gasteiger partial charge in [0.2, 0.25) is 0 Å². The normalized spacial score (nSPS) is 12.2. The van der Waals surface area contributed by atoms with Crippen LogP contribution in [0.15, 0.2) is 48.5 Å². The first-order chi connectivity index (χ1) is 15.8. The average Bonchev–Trinajstić information content (AvgIpc) is 2.72. The summed E-state index contributed by atoms with van der Waals surface area (Å²) in [5.74, 6) is -0.943. The zero-order valence-corrected chi connectivity index (χ0v) is 19.7. The van der Waals surface area contributed by atoms with Crippen molar-refractivity contribution in [1.82, 2.24) is 5.32 Å². The number of carbonyl (C=O) groups is 2. The second kappa shape index (κ2) is 10.8. The van der Waals surface area contributed by atoms with Crippen molar-refractivity contribution in [2.45, 2.75) is 38.8 Å². The van der Waals surface area contributed by atoms with Gasteiger partial charge in [0.1, 0.15) is 23.1 Å². The maximum atomic E-state index is 12.1. The molecule has 2 rings (SSSR count). The van der Waals surface area contributed by atoms with Crippen LogP contribution in [0.3, 0.4) is 0 Å². The van der Waals surface area contributed by atoms with Crippen molar-refractivity contribution in [2.24, 2.45) is 0 Å². The molecule has 184 valence electrons. The van der Waals surface area contributed by atoms with Gasteiger partial charge in [0.15, 0.2) is 0 Å². The van der Waals surface area contributed by atoms with Crippen molar-refractivity contribution in [2.75, 3.05) is 7.11 Å². The second-order valence-corrected chi connectivity index (χ2v) is 9.05. The molecular weight excluding hydrogens is 472 g/mol. The van der Waals surface area contributed by atoms with Crippen LogP contribution in [0.25, 0.3) is 0 Å². The molecule has 0 radical (unpaired) electrons. The van der Waals surface area contributed by atoms with Crippen molar-refractivity contribution >= 4 is 28.1 Å². The van der Waals surface area contributed by atoms with Crippen molar-refractivity contribution < 1.29 is 40.8 Å². The van der Waals surface area contributed by atoms with E-state index in [9.17, 15) is 28.1 Å². The lowest BCUT2D eigenvalue weighted by Crippen LogP contribution is -2.45. The summed E-state index contributed by atoms with van der Waals surface area (Å²) in [4.78, 5) is 34.1. The highest BCUT2D eigenvalue weighted by Gasteiger charge is 2.25. The Labute approximate surface area is 196 Å². The Bertz CT molecular complexity index is 1120. The Morgan fingerprint density at radius 2 is 1.50 bits per heavy atom. The maximum absolute atomic E-state index is 12.1. The molecule has 0 saturated heterocycles. The topological polar surface area (TPSA) is 160 Å². The molecule has 0 bridgehead atoms. The molecular formula is C21H24N2O10S. The number of nitrogens with one attached hydrogen (secondary N) is 1. The predicted molar refractivity (Wildman–Crippen MR) is 119 cm³/mol. The number of methoxy groups -OCH3 is 1. The van der Waals surface area contributed by atoms with Crippen molar-refractivity contribution in [3.8, 4) is 11.5 Å². The number of carbonyl (C=O) groups excluding carboxylic acids is 2. The zero-order valence-electron chi connectivity index (χ0n) is 18.8. The van der Waals surface area contributed by atoms with Gasteiger partial charge in [0, 0.05) is 18.6 Å². The van der Waals surface area contributed by atoms with Gasteiger partial charge < -0.3 is 23.2 Å². The Kier molecular flexibility index (Phi) is 8.41. The SMILES string of the molecule is COC(=O)[C@H](Cc1ccc(OS(=O)(=O)Oc2ccc([N+](=O)[O-])cc2)cc1)NC(=O)OC(C)(C)C. The zero-order chi connectivity index (χ0) is 25.5. The average molecular weight is 496 g/mol. The highest BCUT2D eigenvalue weighted by atomic mass is 32.3. The number of hydrogen-bond acceptors (Lipinski definition) is 10. The Balaban J connectivity index is 2.03. The molecule has 2 aromatic rings. The van der Waals surface area contributed by atoms with E-state index in [-0.39, 0.29) is 23.6 Å². The third kappa shape index (κ3) is 8.58. The van der Waals surface area contributed by atoms with Crippen molar-refractivity contribution in [3.63, 3.8) is 0 Å². The van der Waals surface area contributed by atoms with E-state index in [1.807, 2.05) is 0 Å². The van der Waals surface area contributed by atoms with Crippen molar-refractivity contribution in [1.29, 1.82) is 0 Å². The van der Waals surface area contributed by atoms with Gasteiger partial charge in [-0.1, -0.05) is 12.1 Å². The van der Waals surface area contributed by atoms with E-state index in [4.69, 9.17) is 17.8 Å². The van der Waals surface area contributed by atoms with Crippen LogP contribution in [0.1, 0.15) is 26.3 Å². The van der Waals surface area contributed by atoms with Crippen LogP contribution >= 0.6 is 0 Å². The molecule has 1 N–H and O–H groups in total. The molecule has 0 fully saturated rings. The lowest BCUT2D eigenvalue weighted by molar-refractivity contribution is -0.384. The molecule has 0 aliphatic rings. The van der Waals surface area contributed by atoms with Crippen LogP contribution in [-0.4, -0.2) is 44.2 Å². The quantitative estimate of drug-likeness (QED) is 0.310. The molecule has 0 heterocycles. The van der Waals surface area contributed by atoms with Crippen LogP contribution < -0.4 is 13.7 Å². The molecule has 0 aliphatic heterocycles. The number of nitro benzene ring substituents is 1. The van der Waals surface area contributed by atoms with Gasteiger partial charge >= 0.3 is 22.5 Å². The first kappa shape index (κ1) is 26.4. The van der Waals surface area contributed by atoms with Gasteiger partial charge in [-0.25, -0.2) is 9.59 Å². The van der Waals surface area contributed by atoms with E-state index in [1.165, 1.54) is 31.4 Å². The highest BCUT2D eigenvalue weighted by molar-refractivity contribution is 7.82. The predicted octanol–water partition coefficient (Wildman–Crippen LogP) is 2.91. The Morgan fingerprint density at radius 3 is 1.94 bits per heavy atom. The van der Waals surface area contributed by atoms with Crippen LogP contribution in [0.5, 0.6) is 11.5 Å². The highest BCUT2D eigenvalue weighted by Crippen LogP contribution is 2.21. The summed E-state index contributed by atoms with van der Waals surface area (Å²) in [5, 5.41) is 13.1. The van der Waals surface area contributed by atoms with Gasteiger partial charge in [-0.05, 0) is 50.6 Å². The smallest absolute Gasteiger partial charge is 0.467 e. The number of ether oxygens (including phenoxy) is 2. The molecule has 1 amide bonds. The number of esters is 1. The van der Waals surface area contributed by atoms with Gasteiger partial charge in [-0.3, -0.25) is 10.1 Å². The number of rotatable bonds is 9. The van der Waals surface area contributed by atoms with Gasteiger partial charge in [0.05, 0.1) is 12.0 Å². The molecule has 34 heavy (non-hydrogen) atoms. The summed E-state index contributed by atoms with van der Waals surface area (Å²) in [5.41, 5.74) is -0.425. The fraction of sp³-hybridized carbons (Fsp3) is 0.333. The van der Waals surface area contributed by atoms with Crippen LogP contribution in [0.2, 0.25) is 0 Å². The van der Waals surface area contributed by atoms with Gasteiger partial charge in [0.25, 0.3) is 5.69 Å². The minimum Gasteiger partial charge on any atom is -0.467 e.